The number of benzene rings is 1. The van der Waals surface area contributed by atoms with Crippen LogP contribution >= 0.6 is 11.6 Å². The van der Waals surface area contributed by atoms with Crippen LogP contribution in [0.2, 0.25) is 5.02 Å². The van der Waals surface area contributed by atoms with E-state index in [9.17, 15) is 0 Å². The first-order chi connectivity index (χ1) is 14.6. The Morgan fingerprint density at radius 3 is 2.73 bits per heavy atom. The third-order valence-electron chi connectivity index (χ3n) is 6.41. The summed E-state index contributed by atoms with van der Waals surface area (Å²) in [5, 5.41) is 17.2. The predicted octanol–water partition coefficient (Wildman–Crippen LogP) is 3.20. The van der Waals surface area contributed by atoms with Gasteiger partial charge in [0.2, 0.25) is 5.65 Å². The van der Waals surface area contributed by atoms with Gasteiger partial charge >= 0.3 is 0 Å². The molecule has 2 aliphatic heterocycles. The van der Waals surface area contributed by atoms with Crippen LogP contribution in [-0.2, 0) is 7.05 Å². The number of aromatic amines is 1. The topological polar surface area (TPSA) is 87.5 Å². The predicted molar refractivity (Wildman–Crippen MR) is 118 cm³/mol. The molecule has 3 aromatic heterocycles. The van der Waals surface area contributed by atoms with Gasteiger partial charge in [0, 0.05) is 49.4 Å². The van der Waals surface area contributed by atoms with Gasteiger partial charge in [-0.1, -0.05) is 11.6 Å². The molecule has 1 aromatic carbocycles. The molecule has 8 nitrogen and oxygen atoms in total. The van der Waals surface area contributed by atoms with Gasteiger partial charge in [0.1, 0.15) is 5.52 Å². The van der Waals surface area contributed by atoms with Crippen LogP contribution in [0.15, 0.2) is 18.3 Å². The van der Waals surface area contributed by atoms with E-state index in [1.165, 1.54) is 19.3 Å². The number of hydrogen-bond donors (Lipinski definition) is 2. The number of nitrogens with zero attached hydrogens (tertiary/aromatic N) is 6. The highest BCUT2D eigenvalue weighted by Gasteiger charge is 2.36. The molecule has 2 N–H and O–H groups in total. The summed E-state index contributed by atoms with van der Waals surface area (Å²) in [6.45, 7) is 4.05. The van der Waals surface area contributed by atoms with Gasteiger partial charge in [-0.2, -0.15) is 10.2 Å². The van der Waals surface area contributed by atoms with Crippen LogP contribution in [0.4, 0.5) is 5.82 Å². The van der Waals surface area contributed by atoms with Crippen LogP contribution < -0.4 is 10.2 Å². The first-order valence-electron chi connectivity index (χ1n) is 10.4. The van der Waals surface area contributed by atoms with Crippen LogP contribution in [-0.4, -0.2) is 55.1 Å². The Kier molecular flexibility index (Phi) is 4.01. The second-order valence-corrected chi connectivity index (χ2v) is 8.75. The smallest absolute Gasteiger partial charge is 0.202 e. The number of anilines is 1. The molecule has 2 unspecified atom stereocenters. The molecule has 2 saturated heterocycles. The van der Waals surface area contributed by atoms with E-state index in [4.69, 9.17) is 21.6 Å². The van der Waals surface area contributed by atoms with Crippen molar-refractivity contribution >= 4 is 39.5 Å². The number of hydrogen-bond acceptors (Lipinski definition) is 6. The molecule has 0 saturated carbocycles. The van der Waals surface area contributed by atoms with Crippen molar-refractivity contribution in [2.24, 2.45) is 7.05 Å². The second kappa shape index (κ2) is 6.65. The third kappa shape index (κ3) is 2.63. The molecule has 30 heavy (non-hydrogen) atoms. The lowest BCUT2D eigenvalue weighted by atomic mass is 9.92. The molecule has 2 bridgehead atoms. The van der Waals surface area contributed by atoms with Gasteiger partial charge < -0.3 is 10.2 Å². The number of rotatable bonds is 2. The van der Waals surface area contributed by atoms with Gasteiger partial charge in [-0.15, -0.1) is 0 Å². The lowest BCUT2D eigenvalue weighted by molar-refractivity contribution is 0.310. The zero-order valence-corrected chi connectivity index (χ0v) is 17.7. The van der Waals surface area contributed by atoms with Crippen molar-refractivity contribution in [1.29, 1.82) is 0 Å². The van der Waals surface area contributed by atoms with Gasteiger partial charge in [-0.25, -0.2) is 9.97 Å². The van der Waals surface area contributed by atoms with E-state index >= 15 is 0 Å². The fourth-order valence-corrected chi connectivity index (χ4v) is 5.34. The Balaban J connectivity index is 1.48. The number of piperazine rings is 1. The normalized spacial score (nSPS) is 21.6. The van der Waals surface area contributed by atoms with E-state index in [0.717, 1.165) is 52.3 Å². The number of nitrogens with one attached hydrogen (secondary N) is 2. The monoisotopic (exact) mass is 422 g/mol. The molecule has 2 fully saturated rings. The largest absolute Gasteiger partial charge is 0.347 e. The van der Waals surface area contributed by atoms with Crippen LogP contribution in [0, 0.1) is 6.92 Å². The molecular formula is C21H23ClN8. The highest BCUT2D eigenvalue weighted by atomic mass is 35.5. The lowest BCUT2D eigenvalue weighted by Gasteiger charge is -2.47. The fourth-order valence-electron chi connectivity index (χ4n) is 5.04. The Morgan fingerprint density at radius 1 is 1.13 bits per heavy atom. The van der Waals surface area contributed by atoms with Crippen molar-refractivity contribution in [3.63, 3.8) is 0 Å². The van der Waals surface area contributed by atoms with E-state index in [1.807, 2.05) is 32.3 Å². The minimum absolute atomic E-state index is 0.476. The molecule has 9 heteroatoms. The van der Waals surface area contributed by atoms with Gasteiger partial charge in [-0.3, -0.25) is 9.78 Å². The SMILES string of the molecule is Cc1nc2c(-c3ccc4nn(C)cc4c3Cl)[nH]nc2nc1N1C2CCCC1CNC2. The maximum atomic E-state index is 6.74. The number of halogens is 1. The Bertz CT molecular complexity index is 1250. The number of piperidine rings is 1. The van der Waals surface area contributed by atoms with Crippen molar-refractivity contribution < 1.29 is 0 Å². The summed E-state index contributed by atoms with van der Waals surface area (Å²) >= 11 is 6.74. The summed E-state index contributed by atoms with van der Waals surface area (Å²) in [7, 11) is 1.89. The Morgan fingerprint density at radius 2 is 1.93 bits per heavy atom. The third-order valence-corrected chi connectivity index (χ3v) is 6.82. The Labute approximate surface area is 178 Å². The minimum atomic E-state index is 0.476. The highest BCUT2D eigenvalue weighted by Crippen LogP contribution is 2.37. The highest BCUT2D eigenvalue weighted by molar-refractivity contribution is 6.38. The first-order valence-corrected chi connectivity index (χ1v) is 10.8. The maximum absolute atomic E-state index is 6.74. The summed E-state index contributed by atoms with van der Waals surface area (Å²) in [5.74, 6) is 0.963. The molecule has 2 aliphatic rings. The van der Waals surface area contributed by atoms with Gasteiger partial charge in [-0.05, 0) is 38.3 Å². The standard InChI is InChI=1S/C21H23ClN8/c1-11-21(30-12-4-3-5-13(30)9-23-8-12)25-20-19(24-11)18(26-27-20)14-6-7-16-15(17(14)22)10-29(2)28-16/h6-7,10,12-13,23H,3-5,8-9H2,1-2H3,(H,25,26,27). The summed E-state index contributed by atoms with van der Waals surface area (Å²) in [6.07, 6.45) is 5.59. The molecule has 0 aliphatic carbocycles. The summed E-state index contributed by atoms with van der Waals surface area (Å²) in [4.78, 5) is 12.4. The van der Waals surface area contributed by atoms with Gasteiger partial charge in [0.25, 0.3) is 0 Å². The molecule has 0 radical (unpaired) electrons. The average Bonchev–Trinajstić information content (AvgIpc) is 3.30. The Hall–Kier alpha value is -2.71. The molecule has 4 aromatic rings. The molecular weight excluding hydrogens is 400 g/mol. The van der Waals surface area contributed by atoms with Gasteiger partial charge in [0.15, 0.2) is 5.82 Å². The average molecular weight is 423 g/mol. The van der Waals surface area contributed by atoms with Crippen LogP contribution in [0.25, 0.3) is 33.3 Å². The van der Waals surface area contributed by atoms with E-state index in [1.54, 1.807) is 4.68 Å². The van der Waals surface area contributed by atoms with Crippen molar-refractivity contribution in [3.05, 3.63) is 29.0 Å². The second-order valence-electron chi connectivity index (χ2n) is 8.37. The van der Waals surface area contributed by atoms with E-state index in [0.29, 0.717) is 22.8 Å². The van der Waals surface area contributed by atoms with E-state index in [-0.39, 0.29) is 0 Å². The zero-order valence-electron chi connectivity index (χ0n) is 17.0. The number of aromatic nitrogens is 6. The van der Waals surface area contributed by atoms with Crippen LogP contribution in [0.3, 0.4) is 0 Å². The fraction of sp³-hybridized carbons (Fsp3) is 0.429. The maximum Gasteiger partial charge on any atom is 0.202 e. The number of fused-ring (bicyclic) bond motifs is 4. The number of H-pyrrole nitrogens is 1. The van der Waals surface area contributed by atoms with E-state index < -0.39 is 0 Å². The molecule has 5 heterocycles. The molecule has 0 spiro atoms. The minimum Gasteiger partial charge on any atom is -0.347 e. The summed E-state index contributed by atoms with van der Waals surface area (Å²) in [6, 6.07) is 4.89. The first kappa shape index (κ1) is 18.1. The molecule has 2 atom stereocenters. The summed E-state index contributed by atoms with van der Waals surface area (Å²) < 4.78 is 1.77. The van der Waals surface area contributed by atoms with Crippen molar-refractivity contribution in [3.8, 4) is 11.3 Å². The van der Waals surface area contributed by atoms with Crippen molar-refractivity contribution in [2.75, 3.05) is 18.0 Å². The quantitative estimate of drug-likeness (QED) is 0.515. The van der Waals surface area contributed by atoms with Crippen molar-refractivity contribution in [2.45, 2.75) is 38.3 Å². The molecule has 6 rings (SSSR count). The van der Waals surface area contributed by atoms with Crippen LogP contribution in [0.1, 0.15) is 25.0 Å². The zero-order chi connectivity index (χ0) is 20.4. The number of aryl methyl sites for hydroxylation is 2. The van der Waals surface area contributed by atoms with Crippen LogP contribution in [0.5, 0.6) is 0 Å². The summed E-state index contributed by atoms with van der Waals surface area (Å²) in [5.41, 5.74) is 4.84. The van der Waals surface area contributed by atoms with E-state index in [2.05, 4.69) is 25.5 Å². The molecule has 0 amide bonds. The van der Waals surface area contributed by atoms with Crippen molar-refractivity contribution in [1.82, 2.24) is 35.3 Å². The molecule has 154 valence electrons. The lowest BCUT2D eigenvalue weighted by Crippen LogP contribution is -2.60. The van der Waals surface area contributed by atoms with Gasteiger partial charge in [0.05, 0.1) is 21.9 Å².